The zero-order chi connectivity index (χ0) is 25.9. The molecule has 0 aliphatic heterocycles. The molecule has 0 radical (unpaired) electrons. The molecule has 0 bridgehead atoms. The molecule has 2 N–H and O–H groups in total. The van der Waals surface area contributed by atoms with Crippen molar-refractivity contribution in [2.75, 3.05) is 18.5 Å². The fourth-order valence-electron chi connectivity index (χ4n) is 3.08. The lowest BCUT2D eigenvalue weighted by Crippen LogP contribution is -2.32. The first kappa shape index (κ1) is 27.0. The Labute approximate surface area is 222 Å². The van der Waals surface area contributed by atoms with Gasteiger partial charge in [0.15, 0.2) is 11.5 Å². The number of nitrogens with zero attached hydrogens (tertiary/aromatic N) is 1. The molecule has 0 spiro atoms. The summed E-state index contributed by atoms with van der Waals surface area (Å²) in [4.78, 5) is 24.5. The fraction of sp³-hybridized carbons (Fsp3) is 0.192. The third-order valence-corrected chi connectivity index (χ3v) is 5.64. The lowest BCUT2D eigenvalue weighted by Gasteiger charge is -2.15. The molecular weight excluding hydrogens is 550 g/mol. The maximum Gasteiger partial charge on any atom is 0.329 e. The van der Waals surface area contributed by atoms with Gasteiger partial charge >= 0.3 is 11.8 Å². The predicted octanol–water partition coefficient (Wildman–Crippen LogP) is 5.57. The number of anilines is 1. The molecule has 0 heterocycles. The lowest BCUT2D eigenvalue weighted by atomic mass is 10.2. The summed E-state index contributed by atoms with van der Waals surface area (Å²) in [6.07, 6.45) is 1.39. The average Bonchev–Trinajstić information content (AvgIpc) is 2.86. The highest BCUT2D eigenvalue weighted by Crippen LogP contribution is 2.37. The summed E-state index contributed by atoms with van der Waals surface area (Å²) in [7, 11) is 0. The summed E-state index contributed by atoms with van der Waals surface area (Å²) >= 11 is 9.72. The molecule has 0 aliphatic carbocycles. The number of hydrazone groups is 1. The van der Waals surface area contributed by atoms with E-state index in [1.165, 1.54) is 6.21 Å². The van der Waals surface area contributed by atoms with Gasteiger partial charge in [-0.15, -0.1) is 0 Å². The number of rotatable bonds is 10. The molecule has 3 aromatic carbocycles. The Morgan fingerprint density at radius 3 is 2.39 bits per heavy atom. The van der Waals surface area contributed by atoms with Gasteiger partial charge < -0.3 is 19.5 Å². The Morgan fingerprint density at radius 1 is 0.944 bits per heavy atom. The molecule has 36 heavy (non-hydrogen) atoms. The number of benzene rings is 3. The van der Waals surface area contributed by atoms with Gasteiger partial charge in [0.05, 0.1) is 29.6 Å². The van der Waals surface area contributed by atoms with Gasteiger partial charge in [0.25, 0.3) is 0 Å². The number of hydrogen-bond acceptors (Lipinski definition) is 6. The number of para-hydroxylation sites is 2. The summed E-state index contributed by atoms with van der Waals surface area (Å²) in [6.45, 7) is 4.77. The topological polar surface area (TPSA) is 98.2 Å². The van der Waals surface area contributed by atoms with Gasteiger partial charge in [-0.1, -0.05) is 41.9 Å². The zero-order valence-corrected chi connectivity index (χ0v) is 22.1. The summed E-state index contributed by atoms with van der Waals surface area (Å²) in [5.41, 5.74) is 4.05. The summed E-state index contributed by atoms with van der Waals surface area (Å²) in [6, 6.07) is 17.7. The van der Waals surface area contributed by atoms with Crippen molar-refractivity contribution in [1.29, 1.82) is 0 Å². The van der Waals surface area contributed by atoms with Crippen LogP contribution in [0.2, 0.25) is 5.02 Å². The van der Waals surface area contributed by atoms with Crippen LogP contribution in [-0.4, -0.2) is 31.2 Å². The number of ether oxygens (including phenoxy) is 3. The first-order valence-electron chi connectivity index (χ1n) is 11.1. The predicted molar refractivity (Wildman–Crippen MR) is 143 cm³/mol. The normalized spacial score (nSPS) is 10.7. The fourth-order valence-corrected chi connectivity index (χ4v) is 3.84. The maximum absolute atomic E-state index is 12.3. The van der Waals surface area contributed by atoms with Crippen LogP contribution in [-0.2, 0) is 16.2 Å². The molecule has 0 atom stereocenters. The molecule has 0 aromatic heterocycles. The van der Waals surface area contributed by atoms with Crippen LogP contribution >= 0.6 is 27.5 Å². The molecule has 0 aliphatic rings. The van der Waals surface area contributed by atoms with Gasteiger partial charge in [0, 0.05) is 10.6 Å². The number of halogens is 2. The van der Waals surface area contributed by atoms with Crippen LogP contribution in [0, 0.1) is 0 Å². The van der Waals surface area contributed by atoms with Crippen LogP contribution in [0.3, 0.4) is 0 Å². The smallest absolute Gasteiger partial charge is 0.329 e. The highest BCUT2D eigenvalue weighted by atomic mass is 79.9. The number of carbonyl (C=O) groups excluding carboxylic acids is 2. The van der Waals surface area contributed by atoms with E-state index in [-0.39, 0.29) is 6.61 Å². The molecule has 188 valence electrons. The SMILES string of the molecule is CCOc1ccccc1NC(=O)C(=O)NN=Cc1cc(Br)c(OCc2ccccc2Cl)c(OCC)c1. The van der Waals surface area contributed by atoms with Gasteiger partial charge in [-0.05, 0) is 65.7 Å². The van der Waals surface area contributed by atoms with E-state index in [2.05, 4.69) is 31.8 Å². The van der Waals surface area contributed by atoms with E-state index in [0.717, 1.165) is 5.56 Å². The van der Waals surface area contributed by atoms with E-state index < -0.39 is 11.8 Å². The molecule has 2 amide bonds. The maximum atomic E-state index is 12.3. The summed E-state index contributed by atoms with van der Waals surface area (Å²) < 4.78 is 17.8. The molecule has 0 fully saturated rings. The minimum absolute atomic E-state index is 0.253. The number of amides is 2. The van der Waals surface area contributed by atoms with Crippen LogP contribution in [0.5, 0.6) is 17.2 Å². The average molecular weight is 575 g/mol. The molecule has 10 heteroatoms. The van der Waals surface area contributed by atoms with Gasteiger partial charge in [0.1, 0.15) is 12.4 Å². The van der Waals surface area contributed by atoms with E-state index in [9.17, 15) is 9.59 Å². The summed E-state index contributed by atoms with van der Waals surface area (Å²) in [5.74, 6) is -0.350. The highest BCUT2D eigenvalue weighted by Gasteiger charge is 2.16. The molecule has 3 rings (SSSR count). The van der Waals surface area contributed by atoms with E-state index in [1.54, 1.807) is 42.5 Å². The Bertz CT molecular complexity index is 1250. The number of nitrogens with one attached hydrogen (secondary N) is 2. The van der Waals surface area contributed by atoms with Crippen LogP contribution in [0.1, 0.15) is 25.0 Å². The Hall–Kier alpha value is -3.56. The van der Waals surface area contributed by atoms with Gasteiger partial charge in [-0.25, -0.2) is 5.43 Å². The van der Waals surface area contributed by atoms with Crippen molar-refractivity contribution in [3.05, 3.63) is 81.3 Å². The largest absolute Gasteiger partial charge is 0.492 e. The third-order valence-electron chi connectivity index (χ3n) is 4.68. The third kappa shape index (κ3) is 7.47. The highest BCUT2D eigenvalue weighted by molar-refractivity contribution is 9.10. The van der Waals surface area contributed by atoms with Crippen LogP contribution in [0.25, 0.3) is 0 Å². The molecule has 3 aromatic rings. The van der Waals surface area contributed by atoms with Crippen LogP contribution in [0.4, 0.5) is 5.69 Å². The van der Waals surface area contributed by atoms with Gasteiger partial charge in [-0.3, -0.25) is 9.59 Å². The van der Waals surface area contributed by atoms with Crippen molar-refractivity contribution >= 4 is 51.2 Å². The zero-order valence-electron chi connectivity index (χ0n) is 19.7. The molecule has 0 saturated carbocycles. The van der Waals surface area contributed by atoms with Crippen molar-refractivity contribution in [2.45, 2.75) is 20.5 Å². The van der Waals surface area contributed by atoms with Gasteiger partial charge in [0.2, 0.25) is 0 Å². The van der Waals surface area contributed by atoms with E-state index in [1.807, 2.05) is 32.0 Å². The molecule has 0 unspecified atom stereocenters. The van der Waals surface area contributed by atoms with E-state index in [0.29, 0.717) is 51.2 Å². The molecular formula is C26H25BrClN3O5. The Kier molecular flexibility index (Phi) is 10.1. The quantitative estimate of drug-likeness (QED) is 0.187. The second-order valence-corrected chi connectivity index (χ2v) is 8.49. The number of hydrogen-bond donors (Lipinski definition) is 2. The lowest BCUT2D eigenvalue weighted by molar-refractivity contribution is -0.136. The minimum Gasteiger partial charge on any atom is -0.492 e. The second-order valence-electron chi connectivity index (χ2n) is 7.23. The Balaban J connectivity index is 1.66. The standard InChI is InChI=1S/C26H25BrClN3O5/c1-3-34-22-12-8-7-11-21(22)30-25(32)26(33)31-29-15-17-13-19(27)24(23(14-17)35-4-2)36-16-18-9-5-6-10-20(18)28/h5-15H,3-4,16H2,1-2H3,(H,30,32)(H,31,33). The van der Waals surface area contributed by atoms with Crippen molar-refractivity contribution in [3.8, 4) is 17.2 Å². The van der Waals surface area contributed by atoms with Gasteiger partial charge in [-0.2, -0.15) is 5.10 Å². The molecule has 8 nitrogen and oxygen atoms in total. The Morgan fingerprint density at radius 2 is 1.64 bits per heavy atom. The van der Waals surface area contributed by atoms with Crippen LogP contribution in [0.15, 0.2) is 70.2 Å². The monoisotopic (exact) mass is 573 g/mol. The van der Waals surface area contributed by atoms with Crippen molar-refractivity contribution in [3.63, 3.8) is 0 Å². The second kappa shape index (κ2) is 13.5. The van der Waals surface area contributed by atoms with Crippen LogP contribution < -0.4 is 25.0 Å². The first-order chi connectivity index (χ1) is 17.4. The molecule has 0 saturated heterocycles. The van der Waals surface area contributed by atoms with Crippen molar-refractivity contribution in [1.82, 2.24) is 5.43 Å². The van der Waals surface area contributed by atoms with E-state index >= 15 is 0 Å². The summed E-state index contributed by atoms with van der Waals surface area (Å²) in [5, 5.41) is 7.01. The van der Waals surface area contributed by atoms with E-state index in [4.69, 9.17) is 25.8 Å². The minimum atomic E-state index is -0.929. The number of carbonyl (C=O) groups is 2. The van der Waals surface area contributed by atoms with Crippen molar-refractivity contribution < 1.29 is 23.8 Å². The first-order valence-corrected chi connectivity index (χ1v) is 12.3. The van der Waals surface area contributed by atoms with Crippen molar-refractivity contribution in [2.24, 2.45) is 5.10 Å².